The molecule has 0 spiro atoms. The fraction of sp³-hybridized carbons (Fsp3) is 0.263. The van der Waals surface area contributed by atoms with E-state index in [4.69, 9.17) is 9.47 Å². The molecule has 0 saturated carbocycles. The molecule has 0 bridgehead atoms. The number of ether oxygens (including phenoxy) is 2. The van der Waals surface area contributed by atoms with Gasteiger partial charge >= 0.3 is 0 Å². The largest absolute Gasteiger partial charge is 0.493 e. The summed E-state index contributed by atoms with van der Waals surface area (Å²) in [5, 5.41) is 4.93. The highest BCUT2D eigenvalue weighted by Gasteiger charge is 2.28. The standard InChI is InChI=1S/C19H20N2O2/c1-22-16-9-5-7-14(19(16)23-2)17-18-13(10-11-20-17)12-6-3-4-8-15(12)21-18/h3-9,17,20-21H,10-11H2,1-2H3/t17-/m0/s1. The van der Waals surface area contributed by atoms with Crippen molar-refractivity contribution in [3.8, 4) is 11.5 Å². The second-order valence-electron chi connectivity index (χ2n) is 5.78. The third kappa shape index (κ3) is 2.18. The maximum atomic E-state index is 5.63. The van der Waals surface area contributed by atoms with E-state index in [0.717, 1.165) is 30.0 Å². The van der Waals surface area contributed by atoms with Crippen molar-refractivity contribution in [3.05, 3.63) is 59.3 Å². The lowest BCUT2D eigenvalue weighted by atomic mass is 9.93. The number of H-pyrrole nitrogens is 1. The van der Waals surface area contributed by atoms with Crippen LogP contribution in [0.1, 0.15) is 22.9 Å². The number of benzene rings is 2. The minimum absolute atomic E-state index is 0.0798. The highest BCUT2D eigenvalue weighted by molar-refractivity contribution is 5.85. The Morgan fingerprint density at radius 1 is 1.00 bits per heavy atom. The molecule has 2 heterocycles. The van der Waals surface area contributed by atoms with E-state index in [-0.39, 0.29) is 6.04 Å². The van der Waals surface area contributed by atoms with E-state index in [1.807, 2.05) is 12.1 Å². The van der Waals surface area contributed by atoms with Gasteiger partial charge in [-0.25, -0.2) is 0 Å². The molecule has 0 aliphatic carbocycles. The van der Waals surface area contributed by atoms with Gasteiger partial charge in [0.25, 0.3) is 0 Å². The molecule has 4 heteroatoms. The van der Waals surface area contributed by atoms with Crippen LogP contribution in [0.2, 0.25) is 0 Å². The highest BCUT2D eigenvalue weighted by Crippen LogP contribution is 2.40. The van der Waals surface area contributed by atoms with Crippen molar-refractivity contribution in [3.63, 3.8) is 0 Å². The molecule has 0 amide bonds. The Bertz CT molecular complexity index is 854. The fourth-order valence-electron chi connectivity index (χ4n) is 3.58. The summed E-state index contributed by atoms with van der Waals surface area (Å²) in [6.07, 6.45) is 1.03. The van der Waals surface area contributed by atoms with Crippen LogP contribution in [0, 0.1) is 0 Å². The van der Waals surface area contributed by atoms with Crippen LogP contribution in [0.15, 0.2) is 42.5 Å². The molecule has 4 rings (SSSR count). The number of para-hydroxylation sites is 2. The van der Waals surface area contributed by atoms with E-state index in [0.29, 0.717) is 0 Å². The first-order valence-electron chi connectivity index (χ1n) is 7.87. The summed E-state index contributed by atoms with van der Waals surface area (Å²) in [5.74, 6) is 1.55. The number of aromatic amines is 1. The van der Waals surface area contributed by atoms with Crippen LogP contribution in [-0.2, 0) is 6.42 Å². The number of methoxy groups -OCH3 is 2. The molecule has 1 aromatic heterocycles. The third-order valence-electron chi connectivity index (χ3n) is 4.60. The monoisotopic (exact) mass is 308 g/mol. The van der Waals surface area contributed by atoms with E-state index in [1.54, 1.807) is 14.2 Å². The minimum atomic E-state index is 0.0798. The second-order valence-corrected chi connectivity index (χ2v) is 5.78. The van der Waals surface area contributed by atoms with Gasteiger partial charge < -0.3 is 19.8 Å². The molecule has 0 saturated heterocycles. The zero-order chi connectivity index (χ0) is 15.8. The van der Waals surface area contributed by atoms with Crippen molar-refractivity contribution in [1.29, 1.82) is 0 Å². The van der Waals surface area contributed by atoms with Crippen LogP contribution in [0.4, 0.5) is 0 Å². The summed E-state index contributed by atoms with van der Waals surface area (Å²) in [6, 6.07) is 14.6. The summed E-state index contributed by atoms with van der Waals surface area (Å²) in [7, 11) is 3.36. The summed E-state index contributed by atoms with van der Waals surface area (Å²) in [5.41, 5.74) is 4.91. The first kappa shape index (κ1) is 14.2. The number of nitrogens with one attached hydrogen (secondary N) is 2. The van der Waals surface area contributed by atoms with E-state index >= 15 is 0 Å². The van der Waals surface area contributed by atoms with Gasteiger partial charge in [-0.1, -0.05) is 30.3 Å². The molecule has 1 aliphatic heterocycles. The predicted molar refractivity (Wildman–Crippen MR) is 91.4 cm³/mol. The maximum absolute atomic E-state index is 5.63. The normalized spacial score (nSPS) is 17.0. The van der Waals surface area contributed by atoms with Crippen molar-refractivity contribution in [2.45, 2.75) is 12.5 Å². The van der Waals surface area contributed by atoms with Gasteiger partial charge in [0.05, 0.1) is 20.3 Å². The van der Waals surface area contributed by atoms with Crippen molar-refractivity contribution < 1.29 is 9.47 Å². The van der Waals surface area contributed by atoms with Gasteiger partial charge in [-0.3, -0.25) is 0 Å². The Morgan fingerprint density at radius 2 is 1.87 bits per heavy atom. The molecular weight excluding hydrogens is 288 g/mol. The Labute approximate surface area is 135 Å². The van der Waals surface area contributed by atoms with Crippen LogP contribution < -0.4 is 14.8 Å². The number of fused-ring (bicyclic) bond motifs is 3. The lowest BCUT2D eigenvalue weighted by Crippen LogP contribution is -2.30. The molecule has 2 aromatic carbocycles. The molecular formula is C19H20N2O2. The van der Waals surface area contributed by atoms with Gasteiger partial charge in [-0.2, -0.15) is 0 Å². The number of aromatic nitrogens is 1. The molecule has 23 heavy (non-hydrogen) atoms. The second kappa shape index (κ2) is 5.63. The third-order valence-corrected chi connectivity index (χ3v) is 4.60. The minimum Gasteiger partial charge on any atom is -0.493 e. The first-order chi connectivity index (χ1) is 11.3. The van der Waals surface area contributed by atoms with Crippen LogP contribution in [-0.4, -0.2) is 25.7 Å². The quantitative estimate of drug-likeness (QED) is 0.779. The summed E-state index contributed by atoms with van der Waals surface area (Å²) < 4.78 is 11.1. The maximum Gasteiger partial charge on any atom is 0.165 e. The Balaban J connectivity index is 1.90. The molecule has 0 radical (unpaired) electrons. The van der Waals surface area contributed by atoms with E-state index < -0.39 is 0 Å². The smallest absolute Gasteiger partial charge is 0.165 e. The molecule has 1 aliphatic rings. The topological polar surface area (TPSA) is 46.3 Å². The van der Waals surface area contributed by atoms with Crippen LogP contribution in [0.25, 0.3) is 10.9 Å². The average Bonchev–Trinajstić information content (AvgIpc) is 2.99. The van der Waals surface area contributed by atoms with E-state index in [1.165, 1.54) is 22.2 Å². The fourth-order valence-corrected chi connectivity index (χ4v) is 3.58. The number of hydrogen-bond donors (Lipinski definition) is 2. The average molecular weight is 308 g/mol. The zero-order valence-electron chi connectivity index (χ0n) is 13.3. The summed E-state index contributed by atoms with van der Waals surface area (Å²) in [4.78, 5) is 3.59. The molecule has 118 valence electrons. The van der Waals surface area contributed by atoms with Crippen LogP contribution in [0.5, 0.6) is 11.5 Å². The Kier molecular flexibility index (Phi) is 3.46. The molecule has 0 unspecified atom stereocenters. The summed E-state index contributed by atoms with van der Waals surface area (Å²) in [6.45, 7) is 0.944. The Morgan fingerprint density at radius 3 is 2.70 bits per heavy atom. The molecule has 0 fully saturated rings. The van der Waals surface area contributed by atoms with Gasteiger partial charge in [-0.15, -0.1) is 0 Å². The van der Waals surface area contributed by atoms with Crippen LogP contribution in [0.3, 0.4) is 0 Å². The van der Waals surface area contributed by atoms with E-state index in [9.17, 15) is 0 Å². The summed E-state index contributed by atoms with van der Waals surface area (Å²) >= 11 is 0. The lowest BCUT2D eigenvalue weighted by Gasteiger charge is -2.26. The van der Waals surface area contributed by atoms with E-state index in [2.05, 4.69) is 40.6 Å². The molecule has 1 atom stereocenters. The Hall–Kier alpha value is -2.46. The van der Waals surface area contributed by atoms with Crippen LogP contribution >= 0.6 is 0 Å². The lowest BCUT2D eigenvalue weighted by molar-refractivity contribution is 0.348. The van der Waals surface area contributed by atoms with Gasteiger partial charge in [0.2, 0.25) is 0 Å². The highest BCUT2D eigenvalue weighted by atomic mass is 16.5. The van der Waals surface area contributed by atoms with Crippen molar-refractivity contribution in [2.75, 3.05) is 20.8 Å². The van der Waals surface area contributed by atoms with Crippen molar-refractivity contribution in [2.24, 2.45) is 0 Å². The first-order valence-corrected chi connectivity index (χ1v) is 7.87. The van der Waals surface area contributed by atoms with Gasteiger partial charge in [0.1, 0.15) is 0 Å². The van der Waals surface area contributed by atoms with Gasteiger partial charge in [0, 0.05) is 28.7 Å². The molecule has 4 nitrogen and oxygen atoms in total. The SMILES string of the molecule is COc1cccc([C@@H]2NCCc3c2[nH]c2ccccc32)c1OC. The predicted octanol–water partition coefficient (Wildman–Crippen LogP) is 3.42. The molecule has 2 N–H and O–H groups in total. The number of rotatable bonds is 3. The van der Waals surface area contributed by atoms with Crippen molar-refractivity contribution >= 4 is 10.9 Å². The molecule has 3 aromatic rings. The number of hydrogen-bond acceptors (Lipinski definition) is 3. The zero-order valence-corrected chi connectivity index (χ0v) is 13.3. The van der Waals surface area contributed by atoms with Gasteiger partial charge in [0.15, 0.2) is 11.5 Å². The van der Waals surface area contributed by atoms with Crippen molar-refractivity contribution in [1.82, 2.24) is 10.3 Å². The van der Waals surface area contributed by atoms with Gasteiger partial charge in [-0.05, 0) is 24.1 Å².